The van der Waals surface area contributed by atoms with Gasteiger partial charge in [0.15, 0.2) is 0 Å². The molecule has 0 spiro atoms. The van der Waals surface area contributed by atoms with E-state index in [1.807, 2.05) is 24.3 Å². The predicted molar refractivity (Wildman–Crippen MR) is 91.4 cm³/mol. The van der Waals surface area contributed by atoms with Gasteiger partial charge in [-0.05, 0) is 41.8 Å². The van der Waals surface area contributed by atoms with Gasteiger partial charge in [-0.2, -0.15) is 0 Å². The Kier molecular flexibility index (Phi) is 4.90. The van der Waals surface area contributed by atoms with Crippen molar-refractivity contribution in [3.05, 3.63) is 69.7 Å². The number of aliphatic hydroxyl groups excluding tert-OH is 1. The third-order valence-corrected chi connectivity index (χ3v) is 4.66. The first-order chi connectivity index (χ1) is 11.0. The first-order valence-corrected chi connectivity index (χ1v) is 8.27. The Labute approximate surface area is 145 Å². The van der Waals surface area contributed by atoms with E-state index < -0.39 is 6.10 Å². The molecule has 120 valence electrons. The van der Waals surface area contributed by atoms with Gasteiger partial charge in [0.2, 0.25) is 5.91 Å². The van der Waals surface area contributed by atoms with Gasteiger partial charge in [0.25, 0.3) is 0 Å². The van der Waals surface area contributed by atoms with Gasteiger partial charge in [-0.25, -0.2) is 0 Å². The summed E-state index contributed by atoms with van der Waals surface area (Å²) in [5.41, 5.74) is 1.87. The van der Waals surface area contributed by atoms with Crippen molar-refractivity contribution in [1.29, 1.82) is 0 Å². The quantitative estimate of drug-likeness (QED) is 0.901. The maximum atomic E-state index is 12.4. The van der Waals surface area contributed by atoms with Crippen molar-refractivity contribution in [1.82, 2.24) is 4.90 Å². The first-order valence-electron chi connectivity index (χ1n) is 7.52. The molecule has 23 heavy (non-hydrogen) atoms. The number of piperidine rings is 1. The summed E-state index contributed by atoms with van der Waals surface area (Å²) < 4.78 is 0. The maximum Gasteiger partial charge on any atom is 0.223 e. The van der Waals surface area contributed by atoms with Crippen LogP contribution in [0.5, 0.6) is 0 Å². The van der Waals surface area contributed by atoms with E-state index in [2.05, 4.69) is 0 Å². The zero-order chi connectivity index (χ0) is 16.4. The number of carbonyl (C=O) groups is 1. The molecule has 1 fully saturated rings. The van der Waals surface area contributed by atoms with Gasteiger partial charge in [-0.15, -0.1) is 0 Å². The summed E-state index contributed by atoms with van der Waals surface area (Å²) in [5.74, 6) is 0.0465. The Balaban J connectivity index is 1.90. The summed E-state index contributed by atoms with van der Waals surface area (Å²) in [6, 6.07) is 14.3. The number of nitrogens with zero attached hydrogens (tertiary/aromatic N) is 1. The number of rotatable bonds is 3. The van der Waals surface area contributed by atoms with Crippen molar-refractivity contribution in [3.63, 3.8) is 0 Å². The van der Waals surface area contributed by atoms with Crippen LogP contribution in [0, 0.1) is 0 Å². The minimum atomic E-state index is -0.582. The van der Waals surface area contributed by atoms with Gasteiger partial charge in [-0.3, -0.25) is 4.79 Å². The fourth-order valence-electron chi connectivity index (χ4n) is 2.97. The average molecular weight is 350 g/mol. The van der Waals surface area contributed by atoms with E-state index in [0.29, 0.717) is 29.4 Å². The highest BCUT2D eigenvalue weighted by Gasteiger charge is 2.35. The molecule has 0 saturated carbocycles. The minimum absolute atomic E-state index is 0.0465. The molecule has 5 heteroatoms. The lowest BCUT2D eigenvalue weighted by Crippen LogP contribution is -2.44. The summed E-state index contributed by atoms with van der Waals surface area (Å²) >= 11 is 11.9. The summed E-state index contributed by atoms with van der Waals surface area (Å²) in [6.07, 6.45) is 0.253. The first kappa shape index (κ1) is 16.3. The van der Waals surface area contributed by atoms with E-state index in [-0.39, 0.29) is 11.9 Å². The molecule has 1 heterocycles. The van der Waals surface area contributed by atoms with Gasteiger partial charge in [-0.1, -0.05) is 47.5 Å². The molecule has 2 aromatic rings. The third kappa shape index (κ3) is 3.69. The average Bonchev–Trinajstić information content (AvgIpc) is 2.54. The van der Waals surface area contributed by atoms with Crippen LogP contribution in [-0.2, 0) is 11.3 Å². The number of amides is 1. The SMILES string of the molecule is O=C1CC[C@H](O)[C@@H](c2ccc(Cl)cc2)N1Cc1ccc(Cl)cc1. The number of hydrogen-bond acceptors (Lipinski definition) is 2. The van der Waals surface area contributed by atoms with E-state index in [1.54, 1.807) is 29.2 Å². The fraction of sp³-hybridized carbons (Fsp3) is 0.278. The molecule has 1 N–H and O–H groups in total. The van der Waals surface area contributed by atoms with E-state index in [4.69, 9.17) is 23.2 Å². The predicted octanol–water partition coefficient (Wildman–Crippen LogP) is 4.22. The van der Waals surface area contributed by atoms with Crippen molar-refractivity contribution >= 4 is 29.1 Å². The van der Waals surface area contributed by atoms with Crippen LogP contribution in [0.15, 0.2) is 48.5 Å². The van der Waals surface area contributed by atoms with Gasteiger partial charge in [0, 0.05) is 23.0 Å². The highest BCUT2D eigenvalue weighted by Crippen LogP contribution is 2.34. The van der Waals surface area contributed by atoms with Crippen molar-refractivity contribution in [2.75, 3.05) is 0 Å². The molecule has 0 unspecified atom stereocenters. The molecule has 1 aliphatic rings. The maximum absolute atomic E-state index is 12.4. The van der Waals surface area contributed by atoms with Crippen molar-refractivity contribution in [2.24, 2.45) is 0 Å². The second kappa shape index (κ2) is 6.91. The number of likely N-dealkylation sites (tertiary alicyclic amines) is 1. The minimum Gasteiger partial charge on any atom is -0.391 e. The van der Waals surface area contributed by atoms with E-state index in [9.17, 15) is 9.90 Å². The van der Waals surface area contributed by atoms with Crippen LogP contribution in [0.1, 0.15) is 30.0 Å². The van der Waals surface area contributed by atoms with Crippen molar-refractivity contribution < 1.29 is 9.90 Å². The summed E-state index contributed by atoms with van der Waals surface area (Å²) in [5, 5.41) is 11.7. The summed E-state index contributed by atoms with van der Waals surface area (Å²) in [6.45, 7) is 0.445. The molecule has 1 amide bonds. The Morgan fingerprint density at radius 3 is 2.17 bits per heavy atom. The van der Waals surface area contributed by atoms with Crippen LogP contribution in [0.25, 0.3) is 0 Å². The fourth-order valence-corrected chi connectivity index (χ4v) is 3.22. The zero-order valence-electron chi connectivity index (χ0n) is 12.5. The zero-order valence-corrected chi connectivity index (χ0v) is 14.0. The van der Waals surface area contributed by atoms with Crippen LogP contribution in [-0.4, -0.2) is 22.0 Å². The number of halogens is 2. The molecule has 3 nitrogen and oxygen atoms in total. The monoisotopic (exact) mass is 349 g/mol. The van der Waals surface area contributed by atoms with E-state index in [0.717, 1.165) is 11.1 Å². The Hall–Kier alpha value is -1.55. The normalized spacial score (nSPS) is 21.5. The van der Waals surface area contributed by atoms with Gasteiger partial charge in [0.05, 0.1) is 12.1 Å². The van der Waals surface area contributed by atoms with Gasteiger partial charge in [0.1, 0.15) is 0 Å². The van der Waals surface area contributed by atoms with Crippen LogP contribution in [0.4, 0.5) is 0 Å². The lowest BCUT2D eigenvalue weighted by atomic mass is 9.91. The highest BCUT2D eigenvalue weighted by molar-refractivity contribution is 6.30. The molecule has 0 aliphatic carbocycles. The van der Waals surface area contributed by atoms with Gasteiger partial charge >= 0.3 is 0 Å². The van der Waals surface area contributed by atoms with E-state index in [1.165, 1.54) is 0 Å². The van der Waals surface area contributed by atoms with Crippen molar-refractivity contribution in [2.45, 2.75) is 31.5 Å². The van der Waals surface area contributed by atoms with Gasteiger partial charge < -0.3 is 10.0 Å². The molecule has 0 radical (unpaired) electrons. The Bertz CT molecular complexity index is 685. The molecule has 1 aliphatic heterocycles. The number of hydrogen-bond donors (Lipinski definition) is 1. The standard InChI is InChI=1S/C18H17Cl2NO2/c19-14-5-1-12(2-6-14)11-21-17(23)10-9-16(22)18(21)13-3-7-15(20)8-4-13/h1-8,16,18,22H,9-11H2/t16-,18+/m0/s1. The third-order valence-electron chi connectivity index (χ3n) is 4.15. The number of carbonyl (C=O) groups excluding carboxylic acids is 1. The second-order valence-electron chi connectivity index (χ2n) is 5.75. The molecular formula is C18H17Cl2NO2. The van der Waals surface area contributed by atoms with Crippen molar-refractivity contribution in [3.8, 4) is 0 Å². The van der Waals surface area contributed by atoms with Crippen LogP contribution in [0.2, 0.25) is 10.0 Å². The van der Waals surface area contributed by atoms with Crippen LogP contribution < -0.4 is 0 Å². The molecule has 0 aromatic heterocycles. The summed E-state index contributed by atoms with van der Waals surface area (Å²) in [7, 11) is 0. The van der Waals surface area contributed by atoms with Crippen LogP contribution >= 0.6 is 23.2 Å². The lowest BCUT2D eigenvalue weighted by molar-refractivity contribution is -0.143. The highest BCUT2D eigenvalue weighted by atomic mass is 35.5. The Morgan fingerprint density at radius 1 is 1.00 bits per heavy atom. The second-order valence-corrected chi connectivity index (χ2v) is 6.62. The Morgan fingerprint density at radius 2 is 1.57 bits per heavy atom. The summed E-state index contributed by atoms with van der Waals surface area (Å²) in [4.78, 5) is 14.2. The number of aliphatic hydroxyl groups is 1. The topological polar surface area (TPSA) is 40.5 Å². The largest absolute Gasteiger partial charge is 0.391 e. The molecule has 0 bridgehead atoms. The molecule has 1 saturated heterocycles. The van der Waals surface area contributed by atoms with E-state index >= 15 is 0 Å². The smallest absolute Gasteiger partial charge is 0.223 e. The van der Waals surface area contributed by atoms with Crippen LogP contribution in [0.3, 0.4) is 0 Å². The molecular weight excluding hydrogens is 333 g/mol. The lowest BCUT2D eigenvalue weighted by Gasteiger charge is -2.39. The molecule has 2 aromatic carbocycles. The number of benzene rings is 2. The molecule has 3 rings (SSSR count). The molecule has 2 atom stereocenters.